The Morgan fingerprint density at radius 3 is 2.04 bits per heavy atom. The van der Waals surface area contributed by atoms with Crippen LogP contribution in [0.3, 0.4) is 0 Å². The van der Waals surface area contributed by atoms with Crippen LogP contribution in [0.25, 0.3) is 0 Å². The number of carbonyl (C=O) groups excluding carboxylic acids is 7. The number of phenolic OH excluding ortho intramolecular Hbond substituents is 2. The van der Waals surface area contributed by atoms with E-state index in [0.717, 1.165) is 17.4 Å². The summed E-state index contributed by atoms with van der Waals surface area (Å²) < 4.78 is 5.45. The largest absolute Gasteiger partial charge is 0.535 e. The van der Waals surface area contributed by atoms with Gasteiger partial charge in [-0.25, -0.2) is 9.59 Å². The number of carboxylic acid groups (broad SMARTS) is 1. The van der Waals surface area contributed by atoms with Crippen molar-refractivity contribution in [2.24, 2.45) is 0 Å². The van der Waals surface area contributed by atoms with E-state index in [4.69, 9.17) is 27.9 Å². The van der Waals surface area contributed by atoms with Crippen LogP contribution >= 0.6 is 23.2 Å². The number of nitrogens with zero attached hydrogens (tertiary/aromatic N) is 4. The van der Waals surface area contributed by atoms with Crippen molar-refractivity contribution in [3.05, 3.63) is 52.0 Å². The molecule has 1 unspecified atom stereocenters. The molecular weight excluding hydrogens is 768 g/mol. The summed E-state index contributed by atoms with van der Waals surface area (Å²) in [5, 5.41) is 41.1. The van der Waals surface area contributed by atoms with Gasteiger partial charge in [0.05, 0.1) is 10.6 Å². The predicted octanol–water partition coefficient (Wildman–Crippen LogP) is 2.15. The number of carbonyl (C=O) groups is 8. The van der Waals surface area contributed by atoms with Gasteiger partial charge in [-0.2, -0.15) is 0 Å². The van der Waals surface area contributed by atoms with Gasteiger partial charge in [-0.1, -0.05) is 43.6 Å². The zero-order valence-electron chi connectivity index (χ0n) is 29.7. The molecule has 3 aliphatic heterocycles. The summed E-state index contributed by atoms with van der Waals surface area (Å²) in [6, 6.07) is 4.05. The maximum absolute atomic E-state index is 13.6. The molecule has 0 spiro atoms. The van der Waals surface area contributed by atoms with Crippen LogP contribution in [-0.2, 0) is 30.4 Å². The number of urea groups is 1. The number of imide groups is 2. The maximum atomic E-state index is 13.6. The van der Waals surface area contributed by atoms with Crippen molar-refractivity contribution in [1.82, 2.24) is 24.9 Å². The van der Waals surface area contributed by atoms with Crippen LogP contribution in [0.2, 0.25) is 10.8 Å². The number of benzene rings is 2. The molecule has 5 N–H and O–H groups in total. The third-order valence-corrected chi connectivity index (χ3v) is 9.60. The minimum atomic E-state index is -1.57. The lowest BCUT2D eigenvalue weighted by Gasteiger charge is -2.33. The molecule has 2 fully saturated rings. The van der Waals surface area contributed by atoms with E-state index >= 15 is 0 Å². The SMILES string of the molecule is CCCN1CCN(C(=O)Cl)C(=O)C1=O.CCCN1CCN(C(=O)NC(C(=O)C[C@H]2Cc3cccc(C(=O)O)c3OB2O)c2ccc(O)c(O)c2Cl)C(=O)C1=O. The van der Waals surface area contributed by atoms with Crippen molar-refractivity contribution < 1.29 is 63.4 Å². The molecule has 0 aliphatic carbocycles. The monoisotopic (exact) mass is 805 g/mol. The summed E-state index contributed by atoms with van der Waals surface area (Å²) in [5.74, 6) is -7.58. The number of hydrogen-bond donors (Lipinski definition) is 5. The molecule has 2 saturated heterocycles. The molecule has 55 heavy (non-hydrogen) atoms. The topological polar surface area (TPSA) is 252 Å². The Morgan fingerprint density at radius 2 is 1.47 bits per heavy atom. The first-order chi connectivity index (χ1) is 26.0. The fraction of sp³-hybridized carbons (Fsp3) is 0.412. The van der Waals surface area contributed by atoms with Gasteiger partial charge in [-0.05, 0) is 48.6 Å². The number of aromatic hydroxyl groups is 2. The minimum absolute atomic E-state index is 0.0158. The fourth-order valence-electron chi connectivity index (χ4n) is 6.21. The van der Waals surface area contributed by atoms with E-state index in [1.165, 1.54) is 28.0 Å². The van der Waals surface area contributed by atoms with Crippen molar-refractivity contribution in [1.29, 1.82) is 0 Å². The predicted molar refractivity (Wildman–Crippen MR) is 194 cm³/mol. The summed E-state index contributed by atoms with van der Waals surface area (Å²) in [5.41, 5.74) is 0.188. The highest BCUT2D eigenvalue weighted by molar-refractivity contribution is 6.65. The summed E-state index contributed by atoms with van der Waals surface area (Å²) in [4.78, 5) is 101. The van der Waals surface area contributed by atoms with Crippen LogP contribution < -0.4 is 9.97 Å². The van der Waals surface area contributed by atoms with Gasteiger partial charge >= 0.3 is 48.1 Å². The quantitative estimate of drug-likeness (QED) is 0.0760. The van der Waals surface area contributed by atoms with Crippen LogP contribution in [0.15, 0.2) is 30.3 Å². The normalized spacial score (nSPS) is 17.5. The highest BCUT2D eigenvalue weighted by Crippen LogP contribution is 2.41. The number of halogens is 2. The first-order valence-corrected chi connectivity index (χ1v) is 17.9. The summed E-state index contributed by atoms with van der Waals surface area (Å²) >= 11 is 11.4. The number of para-hydroxylation sites is 1. The second-order valence-corrected chi connectivity index (χ2v) is 13.4. The van der Waals surface area contributed by atoms with Gasteiger partial charge < -0.3 is 40.1 Å². The number of ketones is 1. The Morgan fingerprint density at radius 1 is 0.891 bits per heavy atom. The molecule has 0 bridgehead atoms. The van der Waals surface area contributed by atoms with Gasteiger partial charge in [0.2, 0.25) is 0 Å². The van der Waals surface area contributed by atoms with Gasteiger partial charge in [0.25, 0.3) is 0 Å². The molecule has 0 aromatic heterocycles. The Bertz CT molecular complexity index is 1900. The minimum Gasteiger partial charge on any atom is -0.535 e. The molecule has 5 rings (SSSR count). The van der Waals surface area contributed by atoms with E-state index in [-0.39, 0.29) is 42.9 Å². The number of aromatic carboxylic acids is 1. The lowest BCUT2D eigenvalue weighted by Crippen LogP contribution is -2.59. The molecule has 0 radical (unpaired) electrons. The number of phenols is 2. The maximum Gasteiger partial charge on any atom is 0.526 e. The van der Waals surface area contributed by atoms with Gasteiger partial charge in [0.1, 0.15) is 11.8 Å². The molecule has 18 nitrogen and oxygen atoms in total. The molecule has 3 aliphatic rings. The third-order valence-electron chi connectivity index (χ3n) is 9.00. The van der Waals surface area contributed by atoms with Crippen molar-refractivity contribution >= 4 is 77.1 Å². The fourth-order valence-corrected chi connectivity index (χ4v) is 6.64. The van der Waals surface area contributed by atoms with E-state index in [1.807, 2.05) is 13.8 Å². The van der Waals surface area contributed by atoms with Gasteiger partial charge in [0, 0.05) is 57.1 Å². The summed E-state index contributed by atoms with van der Waals surface area (Å²) in [6.07, 6.45) is 1.06. The van der Waals surface area contributed by atoms with Crippen LogP contribution in [0.4, 0.5) is 9.59 Å². The third kappa shape index (κ3) is 9.47. The molecule has 294 valence electrons. The Balaban J connectivity index is 0.000000404. The molecule has 2 atom stereocenters. The van der Waals surface area contributed by atoms with E-state index in [1.54, 1.807) is 6.07 Å². The Hall–Kier alpha value is -5.40. The number of amides is 7. The van der Waals surface area contributed by atoms with E-state index < -0.39 is 88.7 Å². The molecule has 2 aromatic rings. The van der Waals surface area contributed by atoms with Gasteiger partial charge in [0.15, 0.2) is 17.3 Å². The highest BCUT2D eigenvalue weighted by atomic mass is 35.5. The van der Waals surface area contributed by atoms with Crippen molar-refractivity contribution in [2.45, 2.75) is 51.4 Å². The van der Waals surface area contributed by atoms with Crippen molar-refractivity contribution in [3.8, 4) is 17.2 Å². The van der Waals surface area contributed by atoms with Crippen molar-refractivity contribution in [3.63, 3.8) is 0 Å². The Labute approximate surface area is 324 Å². The van der Waals surface area contributed by atoms with E-state index in [9.17, 15) is 58.7 Å². The average molecular weight is 806 g/mol. The number of rotatable bonds is 10. The molecule has 2 aromatic carbocycles. The van der Waals surface area contributed by atoms with Gasteiger partial charge in [-0.3, -0.25) is 38.6 Å². The van der Waals surface area contributed by atoms with Crippen LogP contribution in [-0.4, -0.2) is 133 Å². The second kappa shape index (κ2) is 18.3. The number of piperazine rings is 2. The molecule has 7 amide bonds. The van der Waals surface area contributed by atoms with Crippen LogP contribution in [0, 0.1) is 0 Å². The summed E-state index contributed by atoms with van der Waals surface area (Å²) in [6.45, 7) is 5.17. The highest BCUT2D eigenvalue weighted by Gasteiger charge is 2.42. The summed E-state index contributed by atoms with van der Waals surface area (Å²) in [7, 11) is -1.57. The number of Topliss-reactive ketones (excluding diaryl/α,β-unsaturated/α-hetero) is 1. The smallest absolute Gasteiger partial charge is 0.526 e. The van der Waals surface area contributed by atoms with Crippen molar-refractivity contribution in [2.75, 3.05) is 39.3 Å². The number of nitrogens with one attached hydrogen (secondary N) is 1. The lowest BCUT2D eigenvalue weighted by molar-refractivity contribution is -0.153. The van der Waals surface area contributed by atoms with Gasteiger partial charge in [-0.15, -0.1) is 0 Å². The zero-order chi connectivity index (χ0) is 40.7. The molecular formula is C34H38BCl2N5O13. The number of hydrogen-bond acceptors (Lipinski definition) is 12. The molecule has 0 saturated carbocycles. The average Bonchev–Trinajstić information content (AvgIpc) is 3.14. The Kier molecular flexibility index (Phi) is 14.1. The standard InChI is InChI=1S/C26H27BClN3O10.C8H11ClN2O3/c1-2-8-30-9-10-31(24(36)23(30)35)26(39)29-20(15-6-7-17(32)21(34)19(15)28)18(33)12-14-11-13-4-3-5-16(25(37)38)22(13)41-27(14)40;1-2-3-10-4-5-11(8(9)14)7(13)6(10)12/h3-7,14,20,32,34,40H,2,8-12H2,1H3,(H,29,39)(H,37,38);2-5H2,1H3/t14-,20?;/m1./s1. The van der Waals surface area contributed by atoms with Crippen LogP contribution in [0.1, 0.15) is 60.6 Å². The molecule has 3 heterocycles. The number of carboxylic acids is 1. The first-order valence-electron chi connectivity index (χ1n) is 17.2. The molecule has 21 heteroatoms. The van der Waals surface area contributed by atoms with E-state index in [0.29, 0.717) is 36.5 Å². The second-order valence-electron chi connectivity index (χ2n) is 12.7. The first kappa shape index (κ1) is 42.3. The lowest BCUT2D eigenvalue weighted by atomic mass is 9.64. The van der Waals surface area contributed by atoms with E-state index in [2.05, 4.69) is 5.32 Å². The zero-order valence-corrected chi connectivity index (χ0v) is 31.2. The van der Waals surface area contributed by atoms with Crippen LogP contribution in [0.5, 0.6) is 17.2 Å². The number of fused-ring (bicyclic) bond motifs is 1.